The fourth-order valence-electron chi connectivity index (χ4n) is 2.65. The molecule has 0 unspecified atom stereocenters. The lowest BCUT2D eigenvalue weighted by Gasteiger charge is -2.33. The lowest BCUT2D eigenvalue weighted by Crippen LogP contribution is -2.37. The number of carbonyl (C=O) groups excluding carboxylic acids is 1. The zero-order valence-electron chi connectivity index (χ0n) is 11.9. The summed E-state index contributed by atoms with van der Waals surface area (Å²) in [5.74, 6) is 0.262. The van der Waals surface area contributed by atoms with E-state index in [-0.39, 0.29) is 11.3 Å². The molecular weight excluding hydrogens is 222 g/mol. The standard InChI is InChI=1S/C16H23NO/c1-12-7-5-8-13-9-6-10-17(15(12)13)14(18)11-16(2,3)4/h5,7-8H,6,9-11H2,1-4H3. The monoisotopic (exact) mass is 245 g/mol. The van der Waals surface area contributed by atoms with Gasteiger partial charge in [0.2, 0.25) is 5.91 Å². The van der Waals surface area contributed by atoms with Gasteiger partial charge in [-0.05, 0) is 36.3 Å². The summed E-state index contributed by atoms with van der Waals surface area (Å²) < 4.78 is 0. The fourth-order valence-corrected chi connectivity index (χ4v) is 2.65. The number of para-hydroxylation sites is 1. The van der Waals surface area contributed by atoms with E-state index in [4.69, 9.17) is 0 Å². The summed E-state index contributed by atoms with van der Waals surface area (Å²) in [5, 5.41) is 0. The summed E-state index contributed by atoms with van der Waals surface area (Å²) in [4.78, 5) is 14.5. The molecule has 0 spiro atoms. The van der Waals surface area contributed by atoms with Gasteiger partial charge >= 0.3 is 0 Å². The molecule has 0 saturated heterocycles. The normalized spacial score (nSPS) is 15.4. The van der Waals surface area contributed by atoms with Crippen LogP contribution < -0.4 is 4.90 Å². The molecule has 2 heteroatoms. The predicted octanol–water partition coefficient (Wildman–Crippen LogP) is 3.71. The number of carbonyl (C=O) groups is 1. The minimum atomic E-state index is 0.0530. The van der Waals surface area contributed by atoms with E-state index in [0.29, 0.717) is 6.42 Å². The zero-order valence-corrected chi connectivity index (χ0v) is 11.9. The van der Waals surface area contributed by atoms with Crippen molar-refractivity contribution in [3.63, 3.8) is 0 Å². The first kappa shape index (κ1) is 13.1. The number of anilines is 1. The molecule has 1 aliphatic heterocycles. The van der Waals surface area contributed by atoms with Gasteiger partial charge in [0.05, 0.1) is 0 Å². The number of hydrogen-bond acceptors (Lipinski definition) is 1. The largest absolute Gasteiger partial charge is 0.312 e. The van der Waals surface area contributed by atoms with Gasteiger partial charge in [-0.15, -0.1) is 0 Å². The van der Waals surface area contributed by atoms with Crippen molar-refractivity contribution in [2.24, 2.45) is 5.41 Å². The van der Waals surface area contributed by atoms with Gasteiger partial charge in [-0.25, -0.2) is 0 Å². The van der Waals surface area contributed by atoms with Gasteiger partial charge in [-0.2, -0.15) is 0 Å². The first-order chi connectivity index (χ1) is 8.38. The molecule has 1 heterocycles. The molecule has 1 aliphatic rings. The molecule has 1 amide bonds. The molecule has 0 N–H and O–H groups in total. The maximum absolute atomic E-state index is 12.5. The molecule has 0 aromatic heterocycles. The molecule has 0 bridgehead atoms. The first-order valence-corrected chi connectivity index (χ1v) is 6.77. The van der Waals surface area contributed by atoms with Crippen LogP contribution in [0, 0.1) is 12.3 Å². The molecule has 18 heavy (non-hydrogen) atoms. The number of benzene rings is 1. The highest BCUT2D eigenvalue weighted by Gasteiger charge is 2.26. The van der Waals surface area contributed by atoms with E-state index in [2.05, 4.69) is 45.9 Å². The van der Waals surface area contributed by atoms with Crippen LogP contribution in [0.5, 0.6) is 0 Å². The Labute approximate surface area is 110 Å². The molecule has 0 atom stereocenters. The lowest BCUT2D eigenvalue weighted by molar-refractivity contribution is -0.120. The molecule has 98 valence electrons. The van der Waals surface area contributed by atoms with Gasteiger partial charge in [-0.3, -0.25) is 4.79 Å². The highest BCUT2D eigenvalue weighted by Crippen LogP contribution is 2.32. The Bertz CT molecular complexity index is 457. The van der Waals surface area contributed by atoms with E-state index in [1.165, 1.54) is 11.1 Å². The van der Waals surface area contributed by atoms with Crippen LogP contribution in [0.4, 0.5) is 5.69 Å². The zero-order chi connectivity index (χ0) is 13.3. The summed E-state index contributed by atoms with van der Waals surface area (Å²) in [6, 6.07) is 6.34. The second-order valence-electron chi connectivity index (χ2n) is 6.47. The summed E-state index contributed by atoms with van der Waals surface area (Å²) in [7, 11) is 0. The van der Waals surface area contributed by atoms with Crippen LogP contribution in [0.1, 0.15) is 44.7 Å². The van der Waals surface area contributed by atoms with E-state index in [1.807, 2.05) is 4.90 Å². The third kappa shape index (κ3) is 2.74. The Morgan fingerprint density at radius 2 is 2.06 bits per heavy atom. The molecular formula is C16H23NO. The summed E-state index contributed by atoms with van der Waals surface area (Å²) in [6.07, 6.45) is 2.78. The minimum absolute atomic E-state index is 0.0530. The van der Waals surface area contributed by atoms with Crippen molar-refractivity contribution in [1.82, 2.24) is 0 Å². The van der Waals surface area contributed by atoms with Gasteiger partial charge in [-0.1, -0.05) is 39.0 Å². The smallest absolute Gasteiger partial charge is 0.227 e. The number of nitrogens with zero attached hydrogens (tertiary/aromatic N) is 1. The third-order valence-corrected chi connectivity index (χ3v) is 3.40. The molecule has 0 radical (unpaired) electrons. The number of rotatable bonds is 1. The van der Waals surface area contributed by atoms with Gasteiger partial charge in [0.1, 0.15) is 0 Å². The van der Waals surface area contributed by atoms with E-state index in [9.17, 15) is 4.79 Å². The van der Waals surface area contributed by atoms with Gasteiger partial charge in [0, 0.05) is 18.7 Å². The van der Waals surface area contributed by atoms with E-state index >= 15 is 0 Å². The van der Waals surface area contributed by atoms with Crippen molar-refractivity contribution in [3.8, 4) is 0 Å². The maximum atomic E-state index is 12.5. The number of amides is 1. The van der Waals surface area contributed by atoms with Crippen LogP contribution in [-0.2, 0) is 11.2 Å². The van der Waals surface area contributed by atoms with E-state index < -0.39 is 0 Å². The van der Waals surface area contributed by atoms with Crippen LogP contribution in [0.25, 0.3) is 0 Å². The molecule has 1 aromatic carbocycles. The van der Waals surface area contributed by atoms with Gasteiger partial charge in [0.15, 0.2) is 0 Å². The Balaban J connectivity index is 2.30. The van der Waals surface area contributed by atoms with Crippen molar-refractivity contribution in [2.45, 2.75) is 47.0 Å². The summed E-state index contributed by atoms with van der Waals surface area (Å²) in [6.45, 7) is 9.32. The molecule has 0 aliphatic carbocycles. The molecule has 2 rings (SSSR count). The van der Waals surface area contributed by atoms with Crippen LogP contribution >= 0.6 is 0 Å². The number of hydrogen-bond donors (Lipinski definition) is 0. The van der Waals surface area contributed by atoms with Gasteiger partial charge < -0.3 is 4.90 Å². The number of fused-ring (bicyclic) bond motifs is 1. The molecule has 0 saturated carbocycles. The Hall–Kier alpha value is -1.31. The van der Waals surface area contributed by atoms with Crippen molar-refractivity contribution >= 4 is 11.6 Å². The average molecular weight is 245 g/mol. The fraction of sp³-hybridized carbons (Fsp3) is 0.562. The van der Waals surface area contributed by atoms with E-state index in [1.54, 1.807) is 0 Å². The highest BCUT2D eigenvalue weighted by molar-refractivity contribution is 5.95. The van der Waals surface area contributed by atoms with Crippen LogP contribution in [0.3, 0.4) is 0 Å². The molecule has 0 fully saturated rings. The quantitative estimate of drug-likeness (QED) is 0.738. The minimum Gasteiger partial charge on any atom is -0.312 e. The average Bonchev–Trinajstić information content (AvgIpc) is 2.26. The Morgan fingerprint density at radius 3 is 2.72 bits per heavy atom. The second kappa shape index (κ2) is 4.75. The third-order valence-electron chi connectivity index (χ3n) is 3.40. The van der Waals surface area contributed by atoms with Crippen LogP contribution in [0.2, 0.25) is 0 Å². The lowest BCUT2D eigenvalue weighted by atomic mass is 9.90. The van der Waals surface area contributed by atoms with E-state index in [0.717, 1.165) is 25.1 Å². The predicted molar refractivity (Wildman–Crippen MR) is 75.9 cm³/mol. The second-order valence-corrected chi connectivity index (χ2v) is 6.47. The Kier molecular flexibility index (Phi) is 3.47. The maximum Gasteiger partial charge on any atom is 0.227 e. The highest BCUT2D eigenvalue weighted by atomic mass is 16.2. The van der Waals surface area contributed by atoms with Crippen molar-refractivity contribution in [3.05, 3.63) is 29.3 Å². The molecule has 2 nitrogen and oxygen atoms in total. The SMILES string of the molecule is Cc1cccc2c1N(C(=O)CC(C)(C)C)CCC2. The summed E-state index contributed by atoms with van der Waals surface area (Å²) in [5.41, 5.74) is 3.76. The van der Waals surface area contributed by atoms with Crippen molar-refractivity contribution < 1.29 is 4.79 Å². The van der Waals surface area contributed by atoms with Crippen LogP contribution in [-0.4, -0.2) is 12.5 Å². The van der Waals surface area contributed by atoms with Crippen molar-refractivity contribution in [1.29, 1.82) is 0 Å². The van der Waals surface area contributed by atoms with Crippen LogP contribution in [0.15, 0.2) is 18.2 Å². The Morgan fingerprint density at radius 1 is 1.33 bits per heavy atom. The topological polar surface area (TPSA) is 20.3 Å². The van der Waals surface area contributed by atoms with Gasteiger partial charge in [0.25, 0.3) is 0 Å². The molecule has 1 aromatic rings. The van der Waals surface area contributed by atoms with Crippen molar-refractivity contribution in [2.75, 3.05) is 11.4 Å². The first-order valence-electron chi connectivity index (χ1n) is 6.77. The number of aryl methyl sites for hydroxylation is 2. The summed E-state index contributed by atoms with van der Waals surface area (Å²) >= 11 is 0.